The molecule has 4 heteroatoms. The van der Waals surface area contributed by atoms with E-state index in [0.717, 1.165) is 24.0 Å². The third kappa shape index (κ3) is 3.99. The highest BCUT2D eigenvalue weighted by molar-refractivity contribution is 5.80. The molecule has 0 aliphatic heterocycles. The van der Waals surface area contributed by atoms with Crippen molar-refractivity contribution in [2.75, 3.05) is 6.54 Å². The van der Waals surface area contributed by atoms with Crippen molar-refractivity contribution >= 4 is 5.96 Å². The molecule has 2 N–H and O–H groups in total. The Bertz CT molecular complexity index is 501. The van der Waals surface area contributed by atoms with Gasteiger partial charge in [-0.15, -0.1) is 0 Å². The number of nitriles is 1. The van der Waals surface area contributed by atoms with E-state index in [-0.39, 0.29) is 0 Å². The first-order valence-corrected chi connectivity index (χ1v) is 6.76. The van der Waals surface area contributed by atoms with Crippen LogP contribution in [-0.2, 0) is 6.54 Å². The van der Waals surface area contributed by atoms with Crippen LogP contribution in [-0.4, -0.2) is 18.5 Å². The van der Waals surface area contributed by atoms with Gasteiger partial charge in [-0.3, -0.25) is 0 Å². The summed E-state index contributed by atoms with van der Waals surface area (Å²) in [6, 6.07) is 10.3. The molecule has 0 radical (unpaired) electrons. The van der Waals surface area contributed by atoms with Gasteiger partial charge in [-0.25, -0.2) is 4.99 Å². The SMILES string of the molecule is CCNC(=NCc1cccc(C#N)c1)NC1CC1C. The number of guanidine groups is 1. The van der Waals surface area contributed by atoms with Crippen LogP contribution in [0.25, 0.3) is 0 Å². The molecule has 2 rings (SSSR count). The molecule has 1 saturated carbocycles. The number of nitrogens with one attached hydrogen (secondary N) is 2. The maximum Gasteiger partial charge on any atom is 0.191 e. The van der Waals surface area contributed by atoms with E-state index in [1.54, 1.807) is 0 Å². The van der Waals surface area contributed by atoms with Crippen molar-refractivity contribution in [1.29, 1.82) is 5.26 Å². The molecule has 19 heavy (non-hydrogen) atoms. The van der Waals surface area contributed by atoms with E-state index in [1.807, 2.05) is 24.3 Å². The van der Waals surface area contributed by atoms with Gasteiger partial charge in [0.05, 0.1) is 18.2 Å². The number of benzene rings is 1. The molecule has 1 aliphatic carbocycles. The normalized spacial score (nSPS) is 21.6. The molecular formula is C15H20N4. The van der Waals surface area contributed by atoms with E-state index in [1.165, 1.54) is 6.42 Å². The molecule has 1 fully saturated rings. The molecule has 1 aromatic rings. The average Bonchev–Trinajstić information content (AvgIpc) is 3.12. The lowest BCUT2D eigenvalue weighted by molar-refractivity contribution is 0.766. The van der Waals surface area contributed by atoms with Crippen molar-refractivity contribution in [3.05, 3.63) is 35.4 Å². The molecule has 0 saturated heterocycles. The van der Waals surface area contributed by atoms with Crippen LogP contribution in [0.4, 0.5) is 0 Å². The second-order valence-electron chi connectivity index (χ2n) is 4.97. The summed E-state index contributed by atoms with van der Waals surface area (Å²) in [4.78, 5) is 4.56. The Labute approximate surface area is 114 Å². The molecular weight excluding hydrogens is 236 g/mol. The summed E-state index contributed by atoms with van der Waals surface area (Å²) in [5.74, 6) is 1.60. The largest absolute Gasteiger partial charge is 0.357 e. The van der Waals surface area contributed by atoms with Crippen molar-refractivity contribution in [1.82, 2.24) is 10.6 Å². The minimum absolute atomic E-state index is 0.559. The lowest BCUT2D eigenvalue weighted by Crippen LogP contribution is -2.39. The second kappa shape index (κ2) is 6.24. The Kier molecular flexibility index (Phi) is 4.40. The zero-order valence-electron chi connectivity index (χ0n) is 11.5. The quantitative estimate of drug-likeness (QED) is 0.640. The number of nitrogens with zero attached hydrogens (tertiary/aromatic N) is 2. The first-order chi connectivity index (χ1) is 9.22. The third-order valence-corrected chi connectivity index (χ3v) is 3.25. The van der Waals surface area contributed by atoms with Crippen molar-refractivity contribution in [3.63, 3.8) is 0 Å². The van der Waals surface area contributed by atoms with E-state index in [0.29, 0.717) is 18.2 Å². The van der Waals surface area contributed by atoms with Crippen LogP contribution in [0.1, 0.15) is 31.4 Å². The summed E-state index contributed by atoms with van der Waals surface area (Å²) in [5.41, 5.74) is 1.74. The van der Waals surface area contributed by atoms with E-state index in [2.05, 4.69) is 35.5 Å². The van der Waals surface area contributed by atoms with Gasteiger partial charge in [0.1, 0.15) is 0 Å². The molecule has 0 aromatic heterocycles. The summed E-state index contributed by atoms with van der Waals surface area (Å²) in [5, 5.41) is 15.5. The fraction of sp³-hybridized carbons (Fsp3) is 0.467. The van der Waals surface area contributed by atoms with Gasteiger partial charge in [-0.05, 0) is 37.0 Å². The van der Waals surface area contributed by atoms with Gasteiger partial charge in [0.2, 0.25) is 0 Å². The van der Waals surface area contributed by atoms with Crippen LogP contribution in [0.2, 0.25) is 0 Å². The van der Waals surface area contributed by atoms with E-state index in [4.69, 9.17) is 5.26 Å². The van der Waals surface area contributed by atoms with Gasteiger partial charge in [-0.2, -0.15) is 5.26 Å². The standard InChI is InChI=1S/C15H20N4/c1-3-17-15(19-14-7-11(14)2)18-10-13-6-4-5-12(8-13)9-16/h4-6,8,11,14H,3,7,10H2,1-2H3,(H2,17,18,19). The van der Waals surface area contributed by atoms with Gasteiger partial charge in [-0.1, -0.05) is 19.1 Å². The number of aliphatic imine (C=N–C) groups is 1. The minimum atomic E-state index is 0.559. The molecule has 1 aliphatic rings. The van der Waals surface area contributed by atoms with Crippen LogP contribution in [0.15, 0.2) is 29.3 Å². The van der Waals surface area contributed by atoms with Crippen molar-refractivity contribution in [3.8, 4) is 6.07 Å². The van der Waals surface area contributed by atoms with E-state index >= 15 is 0 Å². The van der Waals surface area contributed by atoms with Gasteiger partial charge >= 0.3 is 0 Å². The first kappa shape index (κ1) is 13.4. The number of rotatable bonds is 4. The summed E-state index contributed by atoms with van der Waals surface area (Å²) in [7, 11) is 0. The van der Waals surface area contributed by atoms with Crippen LogP contribution >= 0.6 is 0 Å². The Morgan fingerprint density at radius 3 is 2.95 bits per heavy atom. The molecule has 1 aromatic carbocycles. The Morgan fingerprint density at radius 2 is 2.32 bits per heavy atom. The topological polar surface area (TPSA) is 60.2 Å². The van der Waals surface area contributed by atoms with Gasteiger partial charge in [0.15, 0.2) is 5.96 Å². The van der Waals surface area contributed by atoms with Crippen LogP contribution in [0, 0.1) is 17.2 Å². The molecule has 100 valence electrons. The smallest absolute Gasteiger partial charge is 0.191 e. The fourth-order valence-electron chi connectivity index (χ4n) is 1.93. The third-order valence-electron chi connectivity index (χ3n) is 3.25. The molecule has 4 nitrogen and oxygen atoms in total. The highest BCUT2D eigenvalue weighted by atomic mass is 15.2. The van der Waals surface area contributed by atoms with E-state index in [9.17, 15) is 0 Å². The number of hydrogen-bond acceptors (Lipinski definition) is 2. The highest BCUT2D eigenvalue weighted by Gasteiger charge is 2.33. The zero-order chi connectivity index (χ0) is 13.7. The van der Waals surface area contributed by atoms with Crippen molar-refractivity contribution in [2.24, 2.45) is 10.9 Å². The molecule has 2 unspecified atom stereocenters. The van der Waals surface area contributed by atoms with Crippen molar-refractivity contribution < 1.29 is 0 Å². The average molecular weight is 256 g/mol. The van der Waals surface area contributed by atoms with Gasteiger partial charge in [0.25, 0.3) is 0 Å². The maximum atomic E-state index is 8.87. The predicted octanol–water partition coefficient (Wildman–Crippen LogP) is 2.02. The summed E-state index contributed by atoms with van der Waals surface area (Å²) in [6.45, 7) is 5.73. The van der Waals surface area contributed by atoms with Crippen molar-refractivity contribution in [2.45, 2.75) is 32.9 Å². The summed E-state index contributed by atoms with van der Waals surface area (Å²) in [6.07, 6.45) is 1.22. The second-order valence-corrected chi connectivity index (χ2v) is 4.97. The van der Waals surface area contributed by atoms with E-state index < -0.39 is 0 Å². The van der Waals surface area contributed by atoms with Gasteiger partial charge < -0.3 is 10.6 Å². The molecule has 0 amide bonds. The lowest BCUT2D eigenvalue weighted by Gasteiger charge is -2.10. The molecule has 2 atom stereocenters. The van der Waals surface area contributed by atoms with Gasteiger partial charge in [0, 0.05) is 12.6 Å². The Hall–Kier alpha value is -2.02. The lowest BCUT2D eigenvalue weighted by atomic mass is 10.1. The minimum Gasteiger partial charge on any atom is -0.357 e. The van der Waals surface area contributed by atoms with Crippen LogP contribution < -0.4 is 10.6 Å². The fourth-order valence-corrected chi connectivity index (χ4v) is 1.93. The zero-order valence-corrected chi connectivity index (χ0v) is 11.5. The number of hydrogen-bond donors (Lipinski definition) is 2. The van der Waals surface area contributed by atoms with Crippen LogP contribution in [0.5, 0.6) is 0 Å². The summed E-state index contributed by atoms with van der Waals surface area (Å²) >= 11 is 0. The maximum absolute atomic E-state index is 8.87. The van der Waals surface area contributed by atoms with Crippen LogP contribution in [0.3, 0.4) is 0 Å². The molecule has 0 bridgehead atoms. The highest BCUT2D eigenvalue weighted by Crippen LogP contribution is 2.28. The Morgan fingerprint density at radius 1 is 1.53 bits per heavy atom. The first-order valence-electron chi connectivity index (χ1n) is 6.76. The molecule has 0 heterocycles. The predicted molar refractivity (Wildman–Crippen MR) is 76.7 cm³/mol. The molecule has 0 spiro atoms. The monoisotopic (exact) mass is 256 g/mol. The summed E-state index contributed by atoms with van der Waals surface area (Å²) < 4.78 is 0. The Balaban J connectivity index is 1.98.